The molecule has 4 nitrogen and oxygen atoms in total. The van der Waals surface area contributed by atoms with Crippen LogP contribution in [0.5, 0.6) is 0 Å². The van der Waals surface area contributed by atoms with Crippen LogP contribution in [0.3, 0.4) is 0 Å². The topological polar surface area (TPSA) is 43.9 Å². The third-order valence-electron chi connectivity index (χ3n) is 9.79. The molecule has 0 fully saturated rings. The highest BCUT2D eigenvalue weighted by Crippen LogP contribution is 2.44. The molecule has 0 amide bonds. The summed E-state index contributed by atoms with van der Waals surface area (Å²) >= 11 is 1.75. The minimum Gasteiger partial charge on any atom is -0.454 e. The van der Waals surface area contributed by atoms with E-state index in [1.54, 1.807) is 11.3 Å². The van der Waals surface area contributed by atoms with E-state index in [-0.39, 0.29) is 0 Å². The zero-order chi connectivity index (χ0) is 32.1. The Morgan fingerprint density at radius 3 is 2.14 bits per heavy atom. The zero-order valence-electron chi connectivity index (χ0n) is 26.1. The Morgan fingerprint density at radius 2 is 1.27 bits per heavy atom. The van der Waals surface area contributed by atoms with E-state index in [0.29, 0.717) is 5.82 Å². The van der Waals surface area contributed by atoms with Crippen LogP contribution in [0.1, 0.15) is 0 Å². The summed E-state index contributed by atoms with van der Waals surface area (Å²) < 4.78 is 11.5. The molecule has 0 saturated heterocycles. The first kappa shape index (κ1) is 26.7. The summed E-state index contributed by atoms with van der Waals surface area (Å²) in [6, 6.07) is 53.5. The van der Waals surface area contributed by atoms with Crippen LogP contribution < -0.4 is 0 Å². The van der Waals surface area contributed by atoms with Crippen LogP contribution in [-0.4, -0.2) is 14.5 Å². The molecule has 11 aromatic rings. The molecule has 4 heterocycles. The number of fused-ring (bicyclic) bond motifs is 10. The van der Waals surface area contributed by atoms with Crippen molar-refractivity contribution in [3.8, 4) is 28.3 Å². The second-order valence-corrected chi connectivity index (χ2v) is 13.6. The molecule has 0 radical (unpaired) electrons. The summed E-state index contributed by atoms with van der Waals surface area (Å²) in [6.45, 7) is 0. The molecular weight excluding hydrogens is 619 g/mol. The molecule has 49 heavy (non-hydrogen) atoms. The van der Waals surface area contributed by atoms with Gasteiger partial charge in [-0.1, -0.05) is 109 Å². The minimum absolute atomic E-state index is 0.686. The fraction of sp³-hybridized carbons (Fsp3) is 0. The second kappa shape index (κ2) is 10.1. The van der Waals surface area contributed by atoms with Crippen molar-refractivity contribution in [3.63, 3.8) is 0 Å². The smallest absolute Gasteiger partial charge is 0.161 e. The van der Waals surface area contributed by atoms with Gasteiger partial charge < -0.3 is 8.98 Å². The van der Waals surface area contributed by atoms with E-state index < -0.39 is 0 Å². The molecule has 0 unspecified atom stereocenters. The Hall–Kier alpha value is -6.30. The number of hydrogen-bond donors (Lipinski definition) is 0. The van der Waals surface area contributed by atoms with Gasteiger partial charge in [0, 0.05) is 42.8 Å². The van der Waals surface area contributed by atoms with Gasteiger partial charge in [0.2, 0.25) is 0 Å². The molecule has 228 valence electrons. The summed E-state index contributed by atoms with van der Waals surface area (Å²) in [5, 5.41) is 8.05. The van der Waals surface area contributed by atoms with Crippen LogP contribution in [0.25, 0.3) is 103 Å². The van der Waals surface area contributed by atoms with Crippen molar-refractivity contribution in [2.75, 3.05) is 0 Å². The Kier molecular flexibility index (Phi) is 5.51. The van der Waals surface area contributed by atoms with Gasteiger partial charge >= 0.3 is 0 Å². The van der Waals surface area contributed by atoms with E-state index in [0.717, 1.165) is 71.1 Å². The van der Waals surface area contributed by atoms with Gasteiger partial charge in [-0.3, -0.25) is 0 Å². The molecule has 0 aliphatic rings. The SMILES string of the molecule is c1ccc(-c2nc(-c3ccc(-n4c5ccccc5c5cc6ccccc6cc54)c4oc5ccccc5c34)nc3c2sc2ccccc23)cc1. The predicted octanol–water partition coefficient (Wildman–Crippen LogP) is 12.3. The fourth-order valence-electron chi connectivity index (χ4n) is 7.59. The van der Waals surface area contributed by atoms with Gasteiger partial charge in [-0.05, 0) is 53.2 Å². The molecule has 0 aliphatic carbocycles. The van der Waals surface area contributed by atoms with Crippen molar-refractivity contribution in [3.05, 3.63) is 152 Å². The van der Waals surface area contributed by atoms with Crippen LogP contribution in [0.15, 0.2) is 156 Å². The largest absolute Gasteiger partial charge is 0.454 e. The van der Waals surface area contributed by atoms with Crippen molar-refractivity contribution in [2.24, 2.45) is 0 Å². The molecular formula is C44H25N3OS. The number of nitrogens with zero attached hydrogens (tertiary/aromatic N) is 3. The fourth-order valence-corrected chi connectivity index (χ4v) is 8.75. The maximum Gasteiger partial charge on any atom is 0.161 e. The van der Waals surface area contributed by atoms with Crippen molar-refractivity contribution in [2.45, 2.75) is 0 Å². The van der Waals surface area contributed by atoms with E-state index in [2.05, 4.69) is 138 Å². The number of thiophene rings is 1. The van der Waals surface area contributed by atoms with E-state index in [1.165, 1.54) is 26.2 Å². The summed E-state index contributed by atoms with van der Waals surface area (Å²) in [7, 11) is 0. The van der Waals surface area contributed by atoms with Crippen molar-refractivity contribution in [1.82, 2.24) is 14.5 Å². The zero-order valence-corrected chi connectivity index (χ0v) is 26.9. The third-order valence-corrected chi connectivity index (χ3v) is 11.0. The van der Waals surface area contributed by atoms with E-state index in [4.69, 9.17) is 14.4 Å². The van der Waals surface area contributed by atoms with Crippen molar-refractivity contribution in [1.29, 1.82) is 0 Å². The van der Waals surface area contributed by atoms with Crippen LogP contribution in [0.2, 0.25) is 0 Å². The number of hydrogen-bond acceptors (Lipinski definition) is 4. The molecule has 5 heteroatoms. The highest BCUT2D eigenvalue weighted by molar-refractivity contribution is 7.26. The predicted molar refractivity (Wildman–Crippen MR) is 205 cm³/mol. The molecule has 0 saturated carbocycles. The van der Waals surface area contributed by atoms with E-state index in [9.17, 15) is 0 Å². The number of aromatic nitrogens is 3. The molecule has 0 bridgehead atoms. The second-order valence-electron chi connectivity index (χ2n) is 12.5. The minimum atomic E-state index is 0.686. The van der Waals surface area contributed by atoms with Crippen molar-refractivity contribution < 1.29 is 4.42 Å². The summed E-state index contributed by atoms with van der Waals surface area (Å²) in [6.07, 6.45) is 0. The Bertz CT molecular complexity index is 3110. The summed E-state index contributed by atoms with van der Waals surface area (Å²) in [4.78, 5) is 10.7. The molecule has 0 spiro atoms. The van der Waals surface area contributed by atoms with Gasteiger partial charge in [-0.15, -0.1) is 11.3 Å². The molecule has 0 aliphatic heterocycles. The van der Waals surface area contributed by atoms with E-state index >= 15 is 0 Å². The maximum atomic E-state index is 6.84. The lowest BCUT2D eigenvalue weighted by Gasteiger charge is -2.12. The molecule has 11 rings (SSSR count). The first-order valence-corrected chi connectivity index (χ1v) is 17.2. The van der Waals surface area contributed by atoms with E-state index in [1.807, 2.05) is 18.2 Å². The Labute approximate surface area is 284 Å². The highest BCUT2D eigenvalue weighted by atomic mass is 32.1. The van der Waals surface area contributed by atoms with Crippen LogP contribution in [0, 0.1) is 0 Å². The Balaban J connectivity index is 1.26. The standard InChI is InChI=1S/C44H25N3OS/c1-2-12-26(13-3-1)40-43-41(31-18-8-11-21-38(31)49-43)46-44(45-40)32-22-23-35(42-39(32)30-17-7-10-20-37(30)48-42)47-34-19-9-6-16-29(34)33-24-27-14-4-5-15-28(27)25-36(33)47/h1-25H. The van der Waals surface area contributed by atoms with Crippen LogP contribution >= 0.6 is 11.3 Å². The molecule has 0 N–H and O–H groups in total. The maximum absolute atomic E-state index is 6.84. The lowest BCUT2D eigenvalue weighted by atomic mass is 10.0. The van der Waals surface area contributed by atoms with Gasteiger partial charge in [-0.25, -0.2) is 9.97 Å². The lowest BCUT2D eigenvalue weighted by Crippen LogP contribution is -1.97. The van der Waals surface area contributed by atoms with Crippen LogP contribution in [0.4, 0.5) is 0 Å². The average molecular weight is 644 g/mol. The first-order valence-electron chi connectivity index (χ1n) is 16.4. The quantitative estimate of drug-likeness (QED) is 0.192. The van der Waals surface area contributed by atoms with Crippen LogP contribution in [-0.2, 0) is 0 Å². The number of para-hydroxylation sites is 2. The molecule has 7 aromatic carbocycles. The number of benzene rings is 7. The third kappa shape index (κ3) is 3.85. The summed E-state index contributed by atoms with van der Waals surface area (Å²) in [5.41, 5.74) is 8.86. The Morgan fingerprint density at radius 1 is 0.551 bits per heavy atom. The van der Waals surface area contributed by atoms with Gasteiger partial charge in [0.05, 0.1) is 32.6 Å². The number of rotatable bonds is 3. The van der Waals surface area contributed by atoms with Crippen molar-refractivity contribution >= 4 is 86.2 Å². The molecule has 0 atom stereocenters. The average Bonchev–Trinajstić information content (AvgIpc) is 3.83. The van der Waals surface area contributed by atoms with Gasteiger partial charge in [-0.2, -0.15) is 0 Å². The van der Waals surface area contributed by atoms with Gasteiger partial charge in [0.1, 0.15) is 5.58 Å². The van der Waals surface area contributed by atoms with Gasteiger partial charge in [0.15, 0.2) is 11.4 Å². The number of furan rings is 1. The normalized spacial score (nSPS) is 12.1. The molecule has 4 aromatic heterocycles. The first-order chi connectivity index (χ1) is 24.3. The lowest BCUT2D eigenvalue weighted by molar-refractivity contribution is 0.666. The monoisotopic (exact) mass is 643 g/mol. The van der Waals surface area contributed by atoms with Gasteiger partial charge in [0.25, 0.3) is 0 Å². The highest BCUT2D eigenvalue weighted by Gasteiger charge is 2.23. The summed E-state index contributed by atoms with van der Waals surface area (Å²) in [5.74, 6) is 0.686.